The predicted molar refractivity (Wildman–Crippen MR) is 91.6 cm³/mol. The number of nitrogens with one attached hydrogen (secondary N) is 1. The van der Waals surface area contributed by atoms with Gasteiger partial charge in [-0.25, -0.2) is 0 Å². The molecule has 0 saturated heterocycles. The Balaban J connectivity index is 0. The fourth-order valence-electron chi connectivity index (χ4n) is 2.53. The van der Waals surface area contributed by atoms with Gasteiger partial charge in [0.25, 0.3) is 0 Å². The van der Waals surface area contributed by atoms with Gasteiger partial charge in [0.2, 0.25) is 0 Å². The van der Waals surface area contributed by atoms with Gasteiger partial charge >= 0.3 is 5.97 Å². The summed E-state index contributed by atoms with van der Waals surface area (Å²) in [6, 6.07) is -1.03. The summed E-state index contributed by atoms with van der Waals surface area (Å²) in [5.74, 6) is -1.29. The monoisotopic (exact) mass is 316 g/mol. The topological polar surface area (TPSA) is 101 Å². The Labute approximate surface area is 135 Å². The molecule has 5 N–H and O–H groups in total. The molecule has 0 radical (unpaired) electrons. The van der Waals surface area contributed by atoms with Gasteiger partial charge in [-0.15, -0.1) is 0 Å². The van der Waals surface area contributed by atoms with Gasteiger partial charge in [0.1, 0.15) is 0 Å². The highest BCUT2D eigenvalue weighted by Crippen LogP contribution is 2.12. The molecule has 0 aliphatic rings. The fourth-order valence-corrected chi connectivity index (χ4v) is 2.53. The van der Waals surface area contributed by atoms with Crippen molar-refractivity contribution in [2.24, 2.45) is 0 Å². The minimum atomic E-state index is -1.08. The lowest BCUT2D eigenvalue weighted by Gasteiger charge is -2.09. The number of aliphatic carboxylic acids is 1. The van der Waals surface area contributed by atoms with E-state index in [0.717, 1.165) is 19.3 Å². The molecule has 0 saturated carbocycles. The molecule has 0 aliphatic heterocycles. The molecular weight excluding hydrogens is 280 g/mol. The minimum absolute atomic E-state index is 0. The molecule has 0 heterocycles. The van der Waals surface area contributed by atoms with Crippen LogP contribution in [-0.2, 0) is 9.59 Å². The van der Waals surface area contributed by atoms with Crippen LogP contribution in [0.2, 0.25) is 0 Å². The number of hydrogen-bond donors (Lipinski definition) is 3. The van der Waals surface area contributed by atoms with Gasteiger partial charge in [-0.2, -0.15) is 0 Å². The maximum atomic E-state index is 11.6. The van der Waals surface area contributed by atoms with E-state index in [9.17, 15) is 9.59 Å². The average Bonchev–Trinajstić information content (AvgIpc) is 2.45. The van der Waals surface area contributed by atoms with Gasteiger partial charge in [0, 0.05) is 6.42 Å². The van der Waals surface area contributed by atoms with E-state index < -0.39 is 12.0 Å². The Hall–Kier alpha value is -0.940. The number of carboxylic acid groups (broad SMARTS) is 1. The molecule has 0 bridgehead atoms. The largest absolute Gasteiger partial charge is 0.480 e. The van der Waals surface area contributed by atoms with E-state index in [1.165, 1.54) is 58.4 Å². The lowest BCUT2D eigenvalue weighted by molar-refractivity contribution is -0.143. The number of likely N-dealkylation sites (N-methyl/N-ethyl adjacent to an activating group) is 1. The van der Waals surface area contributed by atoms with E-state index in [-0.39, 0.29) is 11.9 Å². The van der Waals surface area contributed by atoms with Gasteiger partial charge in [-0.3, -0.25) is 9.59 Å². The van der Waals surface area contributed by atoms with Crippen molar-refractivity contribution in [2.75, 3.05) is 7.05 Å². The van der Waals surface area contributed by atoms with E-state index >= 15 is 0 Å². The third kappa shape index (κ3) is 12.8. The molecular formula is C17H36N2O3. The number of unbranched alkanes of at least 4 members (excludes halogenated alkanes) is 10. The van der Waals surface area contributed by atoms with Crippen LogP contribution in [0.1, 0.15) is 84.0 Å². The summed E-state index contributed by atoms with van der Waals surface area (Å²) in [5, 5.41) is 11.4. The first kappa shape index (κ1) is 23.3. The van der Waals surface area contributed by atoms with Crippen molar-refractivity contribution in [3.8, 4) is 0 Å². The molecule has 5 heteroatoms. The van der Waals surface area contributed by atoms with Crippen LogP contribution in [0, 0.1) is 0 Å². The van der Waals surface area contributed by atoms with Crippen molar-refractivity contribution in [1.29, 1.82) is 0 Å². The summed E-state index contributed by atoms with van der Waals surface area (Å²) in [6.45, 7) is 2.24. The first-order chi connectivity index (χ1) is 10.1. The third-order valence-corrected chi connectivity index (χ3v) is 3.88. The average molecular weight is 316 g/mol. The van der Waals surface area contributed by atoms with Crippen molar-refractivity contribution in [2.45, 2.75) is 90.0 Å². The number of rotatable bonds is 15. The van der Waals surface area contributed by atoms with Crippen LogP contribution in [-0.4, -0.2) is 29.9 Å². The lowest BCUT2D eigenvalue weighted by Crippen LogP contribution is -2.41. The number of hydrogen-bond acceptors (Lipinski definition) is 4. The summed E-state index contributed by atoms with van der Waals surface area (Å²) in [5.41, 5.74) is 0. The Morgan fingerprint density at radius 3 is 1.64 bits per heavy atom. The first-order valence-corrected chi connectivity index (χ1v) is 8.56. The van der Waals surface area contributed by atoms with Crippen LogP contribution in [0.4, 0.5) is 0 Å². The first-order valence-electron chi connectivity index (χ1n) is 8.56. The molecule has 0 amide bonds. The normalized spacial score (nSPS) is 11.7. The van der Waals surface area contributed by atoms with E-state index in [1.54, 1.807) is 0 Å². The van der Waals surface area contributed by atoms with Crippen LogP contribution in [0.25, 0.3) is 0 Å². The molecule has 22 heavy (non-hydrogen) atoms. The van der Waals surface area contributed by atoms with Crippen molar-refractivity contribution in [3.63, 3.8) is 0 Å². The van der Waals surface area contributed by atoms with Crippen molar-refractivity contribution < 1.29 is 14.7 Å². The summed E-state index contributed by atoms with van der Waals surface area (Å²) in [7, 11) is 1.51. The minimum Gasteiger partial charge on any atom is -0.480 e. The molecule has 132 valence electrons. The Bertz CT molecular complexity index is 283. The predicted octanol–water partition coefficient (Wildman–Crippen LogP) is 4.09. The number of carbonyl (C=O) groups excluding carboxylic acids is 1. The highest BCUT2D eigenvalue weighted by molar-refractivity contribution is 6.02. The second kappa shape index (κ2) is 16.4. The zero-order valence-electron chi connectivity index (χ0n) is 14.5. The maximum Gasteiger partial charge on any atom is 0.328 e. The Morgan fingerprint density at radius 1 is 0.864 bits per heavy atom. The standard InChI is InChI=1S/C17H33NO3.H3N/c1-3-4-5-6-7-8-9-10-11-12-13-14-15(19)16(18-2)17(20)21;/h16,18H,3-14H2,1-2H3,(H,20,21);1H3. The molecule has 0 aromatic heterocycles. The highest BCUT2D eigenvalue weighted by Gasteiger charge is 2.22. The van der Waals surface area contributed by atoms with E-state index in [1.807, 2.05) is 0 Å². The van der Waals surface area contributed by atoms with Crippen LogP contribution in [0.3, 0.4) is 0 Å². The molecule has 5 nitrogen and oxygen atoms in total. The summed E-state index contributed by atoms with van der Waals surface area (Å²) < 4.78 is 0. The summed E-state index contributed by atoms with van der Waals surface area (Å²) in [6.07, 6.45) is 13.9. The number of carbonyl (C=O) groups is 2. The molecule has 0 rings (SSSR count). The number of ketones is 1. The second-order valence-electron chi connectivity index (χ2n) is 5.81. The molecule has 0 fully saturated rings. The van der Waals surface area contributed by atoms with Gasteiger partial charge in [-0.1, -0.05) is 71.1 Å². The van der Waals surface area contributed by atoms with Crippen molar-refractivity contribution >= 4 is 11.8 Å². The lowest BCUT2D eigenvalue weighted by atomic mass is 10.0. The summed E-state index contributed by atoms with van der Waals surface area (Å²) >= 11 is 0. The fraction of sp³-hybridized carbons (Fsp3) is 0.882. The summed E-state index contributed by atoms with van der Waals surface area (Å²) in [4.78, 5) is 22.4. The second-order valence-corrected chi connectivity index (χ2v) is 5.81. The van der Waals surface area contributed by atoms with Crippen LogP contribution in [0.5, 0.6) is 0 Å². The quantitative estimate of drug-likeness (QED) is 0.312. The van der Waals surface area contributed by atoms with Gasteiger partial charge in [0.15, 0.2) is 11.8 Å². The van der Waals surface area contributed by atoms with E-state index in [0.29, 0.717) is 6.42 Å². The maximum absolute atomic E-state index is 11.6. The molecule has 0 aromatic rings. The molecule has 0 aromatic carbocycles. The van der Waals surface area contributed by atoms with Gasteiger partial charge < -0.3 is 16.6 Å². The van der Waals surface area contributed by atoms with Crippen LogP contribution < -0.4 is 11.5 Å². The number of carboxylic acids is 1. The highest BCUT2D eigenvalue weighted by atomic mass is 16.4. The van der Waals surface area contributed by atoms with Gasteiger partial charge in [-0.05, 0) is 13.5 Å². The zero-order valence-corrected chi connectivity index (χ0v) is 14.5. The zero-order chi connectivity index (χ0) is 15.9. The molecule has 0 spiro atoms. The Kier molecular flexibility index (Phi) is 17.4. The molecule has 0 aliphatic carbocycles. The van der Waals surface area contributed by atoms with Crippen LogP contribution in [0.15, 0.2) is 0 Å². The van der Waals surface area contributed by atoms with E-state index in [4.69, 9.17) is 5.11 Å². The third-order valence-electron chi connectivity index (χ3n) is 3.88. The van der Waals surface area contributed by atoms with E-state index in [2.05, 4.69) is 12.2 Å². The van der Waals surface area contributed by atoms with Gasteiger partial charge in [0.05, 0.1) is 0 Å². The molecule has 1 unspecified atom stereocenters. The Morgan fingerprint density at radius 2 is 1.27 bits per heavy atom. The van der Waals surface area contributed by atoms with Crippen molar-refractivity contribution in [3.05, 3.63) is 0 Å². The van der Waals surface area contributed by atoms with Crippen molar-refractivity contribution in [1.82, 2.24) is 11.5 Å². The molecule has 1 atom stereocenters. The smallest absolute Gasteiger partial charge is 0.328 e. The SMILES string of the molecule is CCCCCCCCCCCCCC(=O)C(NC)C(=O)O.N. The van der Waals surface area contributed by atoms with Crippen LogP contribution >= 0.6 is 0 Å². The number of Topliss-reactive ketones (excluding diaryl/α,β-unsaturated/α-hetero) is 1.